The maximum atomic E-state index is 12.8. The lowest BCUT2D eigenvalue weighted by atomic mass is 10.1. The molecular weight excluding hydrogens is 361 g/mol. The van der Waals surface area contributed by atoms with E-state index < -0.39 is 23.0 Å². The number of aromatic nitrogens is 4. The Labute approximate surface area is 151 Å². The van der Waals surface area contributed by atoms with Gasteiger partial charge in [0.15, 0.2) is 5.65 Å². The van der Waals surface area contributed by atoms with Gasteiger partial charge in [-0.05, 0) is 37.6 Å². The molecule has 6 nitrogen and oxygen atoms in total. The summed E-state index contributed by atoms with van der Waals surface area (Å²) >= 11 is 0. The number of hydrogen-bond acceptors (Lipinski definition) is 3. The smallest absolute Gasteiger partial charge is 0.333 e. The Hall–Kier alpha value is -3.10. The van der Waals surface area contributed by atoms with Gasteiger partial charge in [0.05, 0.1) is 5.56 Å². The number of hydrogen-bond donors (Lipinski definition) is 1. The number of aromatic amines is 1. The maximum Gasteiger partial charge on any atom is 0.416 e. The van der Waals surface area contributed by atoms with E-state index in [1.807, 2.05) is 0 Å². The van der Waals surface area contributed by atoms with Gasteiger partial charge in [-0.2, -0.15) is 13.2 Å². The van der Waals surface area contributed by atoms with Gasteiger partial charge in [-0.3, -0.25) is 13.9 Å². The van der Waals surface area contributed by atoms with Crippen molar-refractivity contribution in [3.05, 3.63) is 62.1 Å². The molecule has 0 bridgehead atoms. The molecule has 1 N–H and O–H groups in total. The fourth-order valence-electron chi connectivity index (χ4n) is 2.82. The Bertz CT molecular complexity index is 1140. The molecule has 0 fully saturated rings. The summed E-state index contributed by atoms with van der Waals surface area (Å²) in [5.41, 5.74) is -0.933. The van der Waals surface area contributed by atoms with Crippen LogP contribution in [0.5, 0.6) is 0 Å². The number of rotatable bonds is 4. The highest BCUT2D eigenvalue weighted by Gasteiger charge is 2.30. The van der Waals surface area contributed by atoms with E-state index in [-0.39, 0.29) is 23.5 Å². The van der Waals surface area contributed by atoms with Crippen LogP contribution in [-0.4, -0.2) is 19.1 Å². The largest absolute Gasteiger partial charge is 0.416 e. The molecule has 3 aromatic rings. The van der Waals surface area contributed by atoms with Gasteiger partial charge in [-0.15, -0.1) is 0 Å². The quantitative estimate of drug-likeness (QED) is 0.758. The minimum Gasteiger partial charge on any atom is -0.333 e. The van der Waals surface area contributed by atoms with Crippen molar-refractivity contribution in [3.8, 4) is 0 Å². The maximum absolute atomic E-state index is 12.8. The Morgan fingerprint density at radius 1 is 1.11 bits per heavy atom. The third kappa shape index (κ3) is 3.44. The molecule has 0 saturated heterocycles. The van der Waals surface area contributed by atoms with Gasteiger partial charge in [0.2, 0.25) is 0 Å². The molecule has 1 aromatic carbocycles. The predicted octanol–water partition coefficient (Wildman–Crippen LogP) is 3.12. The first-order valence-electron chi connectivity index (χ1n) is 8.35. The lowest BCUT2D eigenvalue weighted by Crippen LogP contribution is -2.39. The highest BCUT2D eigenvalue weighted by atomic mass is 19.4. The van der Waals surface area contributed by atoms with E-state index >= 15 is 0 Å². The molecular formula is C18H17F3N4O2. The lowest BCUT2D eigenvalue weighted by Gasteiger charge is -2.06. The molecule has 142 valence electrons. The molecule has 0 spiro atoms. The SMILES string of the molecule is CCn1c(=O)c2[nH]c(C=Cc3cccc(C(F)(F)F)c3)nc2n(CC)c1=O. The van der Waals surface area contributed by atoms with Crippen LogP contribution in [0.3, 0.4) is 0 Å². The second-order valence-corrected chi connectivity index (χ2v) is 5.85. The van der Waals surface area contributed by atoms with Gasteiger partial charge >= 0.3 is 11.9 Å². The molecule has 0 saturated carbocycles. The second kappa shape index (κ2) is 6.90. The average Bonchev–Trinajstić information content (AvgIpc) is 3.05. The van der Waals surface area contributed by atoms with Gasteiger partial charge in [0, 0.05) is 13.1 Å². The monoisotopic (exact) mass is 378 g/mol. The Morgan fingerprint density at radius 2 is 1.81 bits per heavy atom. The average molecular weight is 378 g/mol. The number of alkyl halides is 3. The number of fused-ring (bicyclic) bond motifs is 1. The molecule has 2 aromatic heterocycles. The summed E-state index contributed by atoms with van der Waals surface area (Å²) in [6.45, 7) is 4.01. The lowest BCUT2D eigenvalue weighted by molar-refractivity contribution is -0.137. The van der Waals surface area contributed by atoms with Crippen molar-refractivity contribution in [1.82, 2.24) is 19.1 Å². The Balaban J connectivity index is 2.07. The molecule has 0 aliphatic rings. The molecule has 0 aliphatic carbocycles. The van der Waals surface area contributed by atoms with Gasteiger partial charge in [-0.25, -0.2) is 9.78 Å². The van der Waals surface area contributed by atoms with Gasteiger partial charge in [0.25, 0.3) is 5.56 Å². The summed E-state index contributed by atoms with van der Waals surface area (Å²) in [7, 11) is 0. The third-order valence-electron chi connectivity index (χ3n) is 4.16. The van der Waals surface area contributed by atoms with Crippen LogP contribution in [0.25, 0.3) is 23.3 Å². The zero-order valence-electron chi connectivity index (χ0n) is 14.7. The van der Waals surface area contributed by atoms with E-state index in [4.69, 9.17) is 0 Å². The van der Waals surface area contributed by atoms with Crippen LogP contribution in [-0.2, 0) is 19.3 Å². The number of benzene rings is 1. The highest BCUT2D eigenvalue weighted by molar-refractivity contribution is 5.75. The van der Waals surface area contributed by atoms with E-state index in [0.717, 1.165) is 16.7 Å². The standard InChI is InChI=1S/C18H17F3N4O2/c1-3-24-15-14(16(26)25(4-2)17(24)27)22-13(23-15)9-8-11-6-5-7-12(10-11)18(19,20)21/h5-10H,3-4H2,1-2H3,(H,22,23). The Kier molecular flexibility index (Phi) is 4.77. The van der Waals surface area contributed by atoms with E-state index in [1.54, 1.807) is 13.8 Å². The molecule has 0 atom stereocenters. The van der Waals surface area contributed by atoms with Crippen molar-refractivity contribution >= 4 is 23.3 Å². The zero-order valence-corrected chi connectivity index (χ0v) is 14.7. The summed E-state index contributed by atoms with van der Waals surface area (Å²) < 4.78 is 40.9. The first-order chi connectivity index (χ1) is 12.8. The minimum absolute atomic E-state index is 0.182. The molecule has 9 heteroatoms. The number of imidazole rings is 1. The number of halogens is 3. The fraction of sp³-hybridized carbons (Fsp3) is 0.278. The number of nitrogens with one attached hydrogen (secondary N) is 1. The molecule has 0 unspecified atom stereocenters. The van der Waals surface area contributed by atoms with Crippen molar-refractivity contribution in [3.63, 3.8) is 0 Å². The van der Waals surface area contributed by atoms with Crippen molar-refractivity contribution < 1.29 is 13.2 Å². The van der Waals surface area contributed by atoms with Crippen molar-refractivity contribution in [2.75, 3.05) is 0 Å². The molecule has 0 radical (unpaired) electrons. The van der Waals surface area contributed by atoms with Crippen LogP contribution in [0.2, 0.25) is 0 Å². The summed E-state index contributed by atoms with van der Waals surface area (Å²) in [5, 5.41) is 0. The van der Waals surface area contributed by atoms with Crippen LogP contribution in [0.4, 0.5) is 13.2 Å². The predicted molar refractivity (Wildman–Crippen MR) is 96.3 cm³/mol. The van der Waals surface area contributed by atoms with Crippen molar-refractivity contribution in [2.24, 2.45) is 0 Å². The molecule has 3 rings (SSSR count). The van der Waals surface area contributed by atoms with Crippen LogP contribution in [0, 0.1) is 0 Å². The van der Waals surface area contributed by atoms with Crippen LogP contribution in [0.15, 0.2) is 33.9 Å². The Morgan fingerprint density at radius 3 is 2.44 bits per heavy atom. The van der Waals surface area contributed by atoms with Crippen molar-refractivity contribution in [2.45, 2.75) is 33.1 Å². The molecule has 2 heterocycles. The summed E-state index contributed by atoms with van der Waals surface area (Å²) in [5.74, 6) is 0.273. The normalized spacial score (nSPS) is 12.3. The summed E-state index contributed by atoms with van der Waals surface area (Å²) in [6.07, 6.45) is -1.50. The number of nitrogens with zero attached hydrogens (tertiary/aromatic N) is 3. The first-order valence-corrected chi connectivity index (χ1v) is 8.35. The van der Waals surface area contributed by atoms with Crippen LogP contribution in [0.1, 0.15) is 30.8 Å². The van der Waals surface area contributed by atoms with E-state index in [9.17, 15) is 22.8 Å². The van der Waals surface area contributed by atoms with Crippen molar-refractivity contribution in [1.29, 1.82) is 0 Å². The first kappa shape index (κ1) is 18.7. The van der Waals surface area contributed by atoms with Gasteiger partial charge in [0.1, 0.15) is 11.3 Å². The summed E-state index contributed by atoms with van der Waals surface area (Å²) in [4.78, 5) is 31.8. The van der Waals surface area contributed by atoms with Crippen LogP contribution >= 0.6 is 0 Å². The highest BCUT2D eigenvalue weighted by Crippen LogP contribution is 2.29. The molecule has 27 heavy (non-hydrogen) atoms. The van der Waals surface area contributed by atoms with E-state index in [2.05, 4.69) is 9.97 Å². The van der Waals surface area contributed by atoms with E-state index in [1.165, 1.54) is 28.9 Å². The number of H-pyrrole nitrogens is 1. The zero-order chi connectivity index (χ0) is 19.8. The third-order valence-corrected chi connectivity index (χ3v) is 4.16. The second-order valence-electron chi connectivity index (χ2n) is 5.85. The fourth-order valence-corrected chi connectivity index (χ4v) is 2.82. The molecule has 0 aliphatic heterocycles. The number of aryl methyl sites for hydroxylation is 1. The summed E-state index contributed by atoms with van der Waals surface area (Å²) in [6, 6.07) is 4.85. The van der Waals surface area contributed by atoms with Gasteiger partial charge < -0.3 is 4.98 Å². The topological polar surface area (TPSA) is 72.7 Å². The minimum atomic E-state index is -4.42. The van der Waals surface area contributed by atoms with E-state index in [0.29, 0.717) is 12.1 Å². The van der Waals surface area contributed by atoms with Gasteiger partial charge in [-0.1, -0.05) is 18.2 Å². The molecule has 0 amide bonds. The van der Waals surface area contributed by atoms with Crippen LogP contribution < -0.4 is 11.2 Å².